The third-order valence-corrected chi connectivity index (χ3v) is 3.30. The highest BCUT2D eigenvalue weighted by Gasteiger charge is 2.10. The largest absolute Gasteiger partial charge is 0.481 e. The van der Waals surface area contributed by atoms with Gasteiger partial charge in [0.2, 0.25) is 0 Å². The number of thioether (sulfide) groups is 1. The van der Waals surface area contributed by atoms with Crippen molar-refractivity contribution in [1.82, 2.24) is 9.97 Å². The van der Waals surface area contributed by atoms with Gasteiger partial charge in [0.25, 0.3) is 5.56 Å². The molecule has 0 unspecified atom stereocenters. The van der Waals surface area contributed by atoms with Gasteiger partial charge >= 0.3 is 5.97 Å². The fraction of sp³-hybridized carbons (Fsp3) is 0.500. The second-order valence-electron chi connectivity index (χ2n) is 3.90. The van der Waals surface area contributed by atoms with Crippen molar-refractivity contribution in [3.05, 3.63) is 21.6 Å². The summed E-state index contributed by atoms with van der Waals surface area (Å²) in [4.78, 5) is 28.8. The molecule has 19 heavy (non-hydrogen) atoms. The van der Waals surface area contributed by atoms with Crippen LogP contribution in [0.2, 0.25) is 0 Å². The molecule has 1 aromatic rings. The summed E-state index contributed by atoms with van der Waals surface area (Å²) in [5, 5.41) is 17.9. The van der Waals surface area contributed by atoms with Crippen molar-refractivity contribution in [3.63, 3.8) is 0 Å². The minimum atomic E-state index is -0.839. The van der Waals surface area contributed by atoms with Crippen LogP contribution in [0.3, 0.4) is 0 Å². The highest BCUT2D eigenvalue weighted by atomic mass is 32.2. The van der Waals surface area contributed by atoms with Crippen molar-refractivity contribution in [2.75, 3.05) is 5.75 Å². The molecule has 0 radical (unpaired) electrons. The molecule has 0 spiro atoms. The van der Waals surface area contributed by atoms with E-state index in [1.54, 1.807) is 0 Å². The second kappa shape index (κ2) is 7.59. The van der Waals surface area contributed by atoms with Crippen molar-refractivity contribution in [3.8, 4) is 6.07 Å². The summed E-state index contributed by atoms with van der Waals surface area (Å²) >= 11 is 1.30. The zero-order valence-electron chi connectivity index (χ0n) is 10.6. The van der Waals surface area contributed by atoms with Crippen LogP contribution >= 0.6 is 11.8 Å². The molecule has 0 bridgehead atoms. The van der Waals surface area contributed by atoms with Crippen molar-refractivity contribution in [2.24, 2.45) is 0 Å². The van der Waals surface area contributed by atoms with Gasteiger partial charge in [0.1, 0.15) is 11.6 Å². The Labute approximate surface area is 114 Å². The Balaban J connectivity index is 2.77. The second-order valence-corrected chi connectivity index (χ2v) is 4.98. The number of aryl methyl sites for hydroxylation is 1. The Bertz CT molecular complexity index is 548. The summed E-state index contributed by atoms with van der Waals surface area (Å²) in [6, 6.07) is 1.86. The van der Waals surface area contributed by atoms with Gasteiger partial charge in [-0.1, -0.05) is 25.1 Å². The first-order valence-corrected chi connectivity index (χ1v) is 6.95. The van der Waals surface area contributed by atoms with E-state index < -0.39 is 11.5 Å². The smallest absolute Gasteiger partial charge is 0.303 e. The highest BCUT2D eigenvalue weighted by molar-refractivity contribution is 7.99. The molecule has 1 aromatic heterocycles. The molecule has 6 nitrogen and oxygen atoms in total. The summed E-state index contributed by atoms with van der Waals surface area (Å²) in [7, 11) is 0. The molecule has 1 rings (SSSR count). The van der Waals surface area contributed by atoms with Crippen LogP contribution in [-0.2, 0) is 11.2 Å². The van der Waals surface area contributed by atoms with E-state index in [0.717, 1.165) is 6.42 Å². The van der Waals surface area contributed by atoms with E-state index in [-0.39, 0.29) is 12.0 Å². The molecule has 0 saturated carbocycles. The standard InChI is InChI=1S/C12H15N3O3S/c1-2-4-9-8(7-13)11(18)15-12(14-9)19-6-3-5-10(16)17/h2-6H2,1H3,(H,16,17)(H,14,15,18). The lowest BCUT2D eigenvalue weighted by Gasteiger charge is -2.04. The Kier molecular flexibility index (Phi) is 6.09. The van der Waals surface area contributed by atoms with Crippen LogP contribution in [0, 0.1) is 11.3 Å². The number of hydrogen-bond acceptors (Lipinski definition) is 5. The molecule has 0 amide bonds. The van der Waals surface area contributed by atoms with Crippen LogP contribution in [0.1, 0.15) is 37.4 Å². The van der Waals surface area contributed by atoms with Gasteiger partial charge in [0, 0.05) is 12.2 Å². The number of nitrogens with one attached hydrogen (secondary N) is 1. The lowest BCUT2D eigenvalue weighted by Crippen LogP contribution is -2.16. The molecular weight excluding hydrogens is 266 g/mol. The molecule has 2 N–H and O–H groups in total. The molecule has 0 atom stereocenters. The SMILES string of the molecule is CCCc1nc(SCCCC(=O)O)[nH]c(=O)c1C#N. The van der Waals surface area contributed by atoms with Crippen LogP contribution in [0.15, 0.2) is 9.95 Å². The van der Waals surface area contributed by atoms with Crippen LogP contribution < -0.4 is 5.56 Å². The minimum Gasteiger partial charge on any atom is -0.481 e. The third-order valence-electron chi connectivity index (χ3n) is 2.34. The van der Waals surface area contributed by atoms with E-state index >= 15 is 0 Å². The number of carboxylic acids is 1. The first-order valence-electron chi connectivity index (χ1n) is 5.96. The monoisotopic (exact) mass is 281 g/mol. The summed E-state index contributed by atoms with van der Waals surface area (Å²) in [5.41, 5.74) is 0.146. The zero-order chi connectivity index (χ0) is 14.3. The van der Waals surface area contributed by atoms with Gasteiger partial charge in [0.05, 0.1) is 5.69 Å². The number of aliphatic carboxylic acids is 1. The average molecular weight is 281 g/mol. The van der Waals surface area contributed by atoms with Gasteiger partial charge in [-0.2, -0.15) is 5.26 Å². The number of H-pyrrole nitrogens is 1. The molecular formula is C12H15N3O3S. The maximum atomic E-state index is 11.7. The van der Waals surface area contributed by atoms with Crippen molar-refractivity contribution < 1.29 is 9.90 Å². The zero-order valence-corrected chi connectivity index (χ0v) is 11.4. The van der Waals surface area contributed by atoms with Crippen LogP contribution in [0.25, 0.3) is 0 Å². The predicted molar refractivity (Wildman–Crippen MR) is 71.2 cm³/mol. The Morgan fingerprint density at radius 1 is 1.58 bits per heavy atom. The van der Waals surface area contributed by atoms with Gasteiger partial charge in [0.15, 0.2) is 5.16 Å². The van der Waals surface area contributed by atoms with Crippen LogP contribution in [0.4, 0.5) is 0 Å². The summed E-state index contributed by atoms with van der Waals surface area (Å²) in [6.45, 7) is 1.95. The van der Waals surface area contributed by atoms with Gasteiger partial charge in [-0.15, -0.1) is 0 Å². The maximum absolute atomic E-state index is 11.7. The molecule has 102 valence electrons. The number of nitrogens with zero attached hydrogens (tertiary/aromatic N) is 2. The summed E-state index contributed by atoms with van der Waals surface area (Å²) in [6.07, 6.45) is 1.98. The number of aromatic amines is 1. The van der Waals surface area contributed by atoms with E-state index in [1.165, 1.54) is 11.8 Å². The van der Waals surface area contributed by atoms with Crippen LogP contribution in [0.5, 0.6) is 0 Å². The van der Waals surface area contributed by atoms with Crippen molar-refractivity contribution >= 4 is 17.7 Å². The lowest BCUT2D eigenvalue weighted by molar-refractivity contribution is -0.137. The fourth-order valence-electron chi connectivity index (χ4n) is 1.49. The van der Waals surface area contributed by atoms with Gasteiger partial charge in [-0.05, 0) is 12.8 Å². The number of nitriles is 1. The molecule has 0 fully saturated rings. The lowest BCUT2D eigenvalue weighted by atomic mass is 10.1. The number of carbonyl (C=O) groups is 1. The number of aromatic nitrogens is 2. The highest BCUT2D eigenvalue weighted by Crippen LogP contribution is 2.15. The van der Waals surface area contributed by atoms with Gasteiger partial charge in [-0.3, -0.25) is 9.59 Å². The van der Waals surface area contributed by atoms with Gasteiger partial charge < -0.3 is 10.1 Å². The molecule has 0 aliphatic heterocycles. The number of carboxylic acid groups (broad SMARTS) is 1. The summed E-state index contributed by atoms with van der Waals surface area (Å²) in [5.74, 6) is -0.277. The van der Waals surface area contributed by atoms with E-state index in [4.69, 9.17) is 10.4 Å². The Morgan fingerprint density at radius 3 is 2.89 bits per heavy atom. The van der Waals surface area contributed by atoms with Crippen LogP contribution in [-0.4, -0.2) is 26.8 Å². The molecule has 0 saturated heterocycles. The van der Waals surface area contributed by atoms with E-state index in [2.05, 4.69) is 9.97 Å². The van der Waals surface area contributed by atoms with E-state index in [1.807, 2.05) is 13.0 Å². The van der Waals surface area contributed by atoms with Crippen molar-refractivity contribution in [1.29, 1.82) is 5.26 Å². The minimum absolute atomic E-state index is 0.0664. The Morgan fingerprint density at radius 2 is 2.32 bits per heavy atom. The first kappa shape index (κ1) is 15.2. The Hall–Kier alpha value is -1.81. The number of hydrogen-bond donors (Lipinski definition) is 2. The van der Waals surface area contributed by atoms with E-state index in [9.17, 15) is 9.59 Å². The molecule has 7 heteroatoms. The fourth-order valence-corrected chi connectivity index (χ4v) is 2.31. The molecule has 0 aromatic carbocycles. The van der Waals surface area contributed by atoms with Crippen molar-refractivity contribution in [2.45, 2.75) is 37.8 Å². The normalized spacial score (nSPS) is 10.1. The first-order chi connectivity index (χ1) is 9.08. The topological polar surface area (TPSA) is 107 Å². The van der Waals surface area contributed by atoms with E-state index in [0.29, 0.717) is 29.4 Å². The summed E-state index contributed by atoms with van der Waals surface area (Å²) < 4.78 is 0. The van der Waals surface area contributed by atoms with Gasteiger partial charge in [-0.25, -0.2) is 4.98 Å². The molecule has 0 aliphatic carbocycles. The maximum Gasteiger partial charge on any atom is 0.303 e. The predicted octanol–water partition coefficient (Wildman–Crippen LogP) is 1.55. The quantitative estimate of drug-likeness (QED) is 0.446. The third kappa shape index (κ3) is 4.75. The number of rotatable bonds is 7. The molecule has 1 heterocycles. The average Bonchev–Trinajstić information content (AvgIpc) is 2.35. The molecule has 0 aliphatic rings.